The van der Waals surface area contributed by atoms with Crippen LogP contribution in [0.3, 0.4) is 0 Å². The number of ether oxygens (including phenoxy) is 1. The predicted molar refractivity (Wildman–Crippen MR) is 148 cm³/mol. The Morgan fingerprint density at radius 2 is 1.84 bits per heavy atom. The summed E-state index contributed by atoms with van der Waals surface area (Å²) in [5, 5.41) is 7.98. The number of nitrogens with one attached hydrogen (secondary N) is 2. The normalized spacial score (nSPS) is 13.4. The van der Waals surface area contributed by atoms with Crippen molar-refractivity contribution in [2.75, 3.05) is 20.2 Å². The number of carbonyl (C=O) groups is 2. The minimum Gasteiger partial charge on any atom is -0.497 e. The van der Waals surface area contributed by atoms with E-state index in [-0.39, 0.29) is 29.4 Å². The molecule has 0 fully saturated rings. The van der Waals surface area contributed by atoms with Crippen LogP contribution in [-0.4, -0.2) is 43.0 Å². The first kappa shape index (κ1) is 28.5. The average molecular weight is 523 g/mol. The van der Waals surface area contributed by atoms with Crippen LogP contribution in [0.15, 0.2) is 52.1 Å². The van der Waals surface area contributed by atoms with Crippen molar-refractivity contribution in [2.24, 2.45) is 22.4 Å². The number of aromatic nitrogens is 1. The summed E-state index contributed by atoms with van der Waals surface area (Å²) in [5.41, 5.74) is 11.7. The molecular formula is C28H38N6O4. The summed E-state index contributed by atoms with van der Waals surface area (Å²) in [6, 6.07) is 11.3. The average Bonchev–Trinajstić information content (AvgIpc) is 3.41. The lowest BCUT2D eigenvalue weighted by atomic mass is 9.94. The molecule has 0 spiro atoms. The molecule has 2 amide bonds. The standard InChI is InChI=1S/C28H38N6O4/c1-5-17(2)24(27-33-23(16-38-27)26(36)31-12-6-7-13-32-28(29)30)34-25(35)18(3)19-8-9-21-15-22(37-4)11-10-20(21)14-19/h8-11,14-18,24H,5-7,12-13H2,1-4H3,(H,31,36)(H,34,35)(H4,29,30,32). The maximum absolute atomic E-state index is 13.3. The Hall–Kier alpha value is -4.08. The van der Waals surface area contributed by atoms with Gasteiger partial charge in [0, 0.05) is 13.1 Å². The maximum atomic E-state index is 13.3. The Labute approximate surface area is 223 Å². The molecule has 2 aromatic carbocycles. The van der Waals surface area contributed by atoms with Gasteiger partial charge in [0.05, 0.1) is 13.0 Å². The number of aliphatic imine (C=N–C) groups is 1. The van der Waals surface area contributed by atoms with Crippen molar-refractivity contribution < 1.29 is 18.7 Å². The number of benzene rings is 2. The van der Waals surface area contributed by atoms with Gasteiger partial charge in [0.1, 0.15) is 18.1 Å². The Morgan fingerprint density at radius 3 is 2.55 bits per heavy atom. The number of oxazole rings is 1. The summed E-state index contributed by atoms with van der Waals surface area (Å²) in [6.07, 6.45) is 3.58. The maximum Gasteiger partial charge on any atom is 0.273 e. The van der Waals surface area contributed by atoms with E-state index in [9.17, 15) is 9.59 Å². The predicted octanol–water partition coefficient (Wildman–Crippen LogP) is 3.63. The molecule has 204 valence electrons. The van der Waals surface area contributed by atoms with Crippen molar-refractivity contribution in [1.29, 1.82) is 0 Å². The third-order valence-corrected chi connectivity index (χ3v) is 6.66. The van der Waals surface area contributed by atoms with Crippen molar-refractivity contribution in [3.63, 3.8) is 0 Å². The van der Waals surface area contributed by atoms with Gasteiger partial charge in [0.15, 0.2) is 11.7 Å². The zero-order valence-corrected chi connectivity index (χ0v) is 22.5. The molecule has 0 saturated carbocycles. The minimum absolute atomic E-state index is 0.0420. The second-order valence-electron chi connectivity index (χ2n) is 9.41. The highest BCUT2D eigenvalue weighted by atomic mass is 16.5. The number of carbonyl (C=O) groups excluding carboxylic acids is 2. The molecule has 3 rings (SSSR count). The molecule has 1 aromatic heterocycles. The number of guanidine groups is 1. The lowest BCUT2D eigenvalue weighted by Gasteiger charge is -2.23. The van der Waals surface area contributed by atoms with Crippen LogP contribution in [0.4, 0.5) is 0 Å². The number of fused-ring (bicyclic) bond motifs is 1. The number of methoxy groups -OCH3 is 1. The van der Waals surface area contributed by atoms with Crippen molar-refractivity contribution in [3.05, 3.63) is 59.8 Å². The van der Waals surface area contributed by atoms with E-state index in [1.54, 1.807) is 7.11 Å². The molecule has 3 aromatic rings. The quantitative estimate of drug-likeness (QED) is 0.152. The molecule has 0 saturated heterocycles. The molecule has 3 atom stereocenters. The number of unbranched alkanes of at least 4 members (excludes halogenated alkanes) is 1. The summed E-state index contributed by atoms with van der Waals surface area (Å²) >= 11 is 0. The van der Waals surface area contributed by atoms with Gasteiger partial charge in [-0.2, -0.15) is 0 Å². The van der Waals surface area contributed by atoms with E-state index < -0.39 is 12.0 Å². The molecule has 0 aliphatic rings. The zero-order valence-electron chi connectivity index (χ0n) is 22.5. The summed E-state index contributed by atoms with van der Waals surface area (Å²) in [5.74, 6) is 0.313. The third kappa shape index (κ3) is 7.47. The Kier molecular flexibility index (Phi) is 10.1. The van der Waals surface area contributed by atoms with Crippen LogP contribution >= 0.6 is 0 Å². The minimum atomic E-state index is -0.471. The first-order valence-corrected chi connectivity index (χ1v) is 12.9. The summed E-state index contributed by atoms with van der Waals surface area (Å²) in [6.45, 7) is 6.89. The highest BCUT2D eigenvalue weighted by molar-refractivity contribution is 5.92. The lowest BCUT2D eigenvalue weighted by molar-refractivity contribution is -0.123. The topological polar surface area (TPSA) is 158 Å². The van der Waals surface area contributed by atoms with Crippen LogP contribution in [0.5, 0.6) is 5.75 Å². The van der Waals surface area contributed by atoms with E-state index in [1.807, 2.05) is 57.2 Å². The van der Waals surface area contributed by atoms with Crippen LogP contribution < -0.4 is 26.8 Å². The van der Waals surface area contributed by atoms with Crippen LogP contribution in [0.1, 0.15) is 73.9 Å². The summed E-state index contributed by atoms with van der Waals surface area (Å²) < 4.78 is 11.0. The molecule has 1 heterocycles. The van der Waals surface area contributed by atoms with E-state index in [1.165, 1.54) is 6.26 Å². The van der Waals surface area contributed by atoms with Crippen LogP contribution in [0, 0.1) is 5.92 Å². The molecule has 10 nitrogen and oxygen atoms in total. The lowest BCUT2D eigenvalue weighted by Crippen LogP contribution is -2.35. The van der Waals surface area contributed by atoms with Gasteiger partial charge in [-0.1, -0.05) is 44.5 Å². The van der Waals surface area contributed by atoms with Crippen LogP contribution in [0.25, 0.3) is 10.8 Å². The summed E-state index contributed by atoms with van der Waals surface area (Å²) in [4.78, 5) is 34.1. The fourth-order valence-corrected chi connectivity index (χ4v) is 4.02. The number of hydrogen-bond acceptors (Lipinski definition) is 6. The third-order valence-electron chi connectivity index (χ3n) is 6.66. The van der Waals surface area contributed by atoms with Gasteiger partial charge in [-0.25, -0.2) is 4.98 Å². The molecule has 0 bridgehead atoms. The van der Waals surface area contributed by atoms with Gasteiger partial charge < -0.3 is 31.3 Å². The molecule has 6 N–H and O–H groups in total. The molecule has 0 aliphatic heterocycles. The van der Waals surface area contributed by atoms with Gasteiger partial charge in [-0.05, 0) is 54.2 Å². The van der Waals surface area contributed by atoms with Crippen molar-refractivity contribution in [2.45, 2.75) is 52.0 Å². The largest absolute Gasteiger partial charge is 0.497 e. The van der Waals surface area contributed by atoms with Gasteiger partial charge in [0.2, 0.25) is 11.8 Å². The van der Waals surface area contributed by atoms with E-state index in [4.69, 9.17) is 20.6 Å². The second kappa shape index (κ2) is 13.5. The van der Waals surface area contributed by atoms with Crippen LogP contribution in [0.2, 0.25) is 0 Å². The number of nitrogens with two attached hydrogens (primary N) is 2. The number of hydrogen-bond donors (Lipinski definition) is 4. The monoisotopic (exact) mass is 522 g/mol. The molecular weight excluding hydrogens is 484 g/mol. The van der Waals surface area contributed by atoms with E-state index in [2.05, 4.69) is 20.6 Å². The highest BCUT2D eigenvalue weighted by Gasteiger charge is 2.28. The molecule has 0 radical (unpaired) electrons. The van der Waals surface area contributed by atoms with Gasteiger partial charge in [0.25, 0.3) is 5.91 Å². The Balaban J connectivity index is 1.65. The zero-order chi connectivity index (χ0) is 27.7. The molecule has 0 aliphatic carbocycles. The highest BCUT2D eigenvalue weighted by Crippen LogP contribution is 2.28. The smallest absolute Gasteiger partial charge is 0.273 e. The van der Waals surface area contributed by atoms with Gasteiger partial charge in [-0.15, -0.1) is 0 Å². The number of nitrogens with zero attached hydrogens (tertiary/aromatic N) is 2. The molecule has 10 heteroatoms. The molecule has 3 unspecified atom stereocenters. The Bertz CT molecular complexity index is 1270. The molecule has 38 heavy (non-hydrogen) atoms. The Morgan fingerprint density at radius 1 is 1.11 bits per heavy atom. The van der Waals surface area contributed by atoms with E-state index in [0.717, 1.165) is 41.3 Å². The number of rotatable bonds is 13. The summed E-state index contributed by atoms with van der Waals surface area (Å²) in [7, 11) is 1.64. The van der Waals surface area contributed by atoms with E-state index in [0.29, 0.717) is 19.0 Å². The van der Waals surface area contributed by atoms with Gasteiger partial charge in [-0.3, -0.25) is 14.6 Å². The number of amides is 2. The van der Waals surface area contributed by atoms with Crippen LogP contribution in [-0.2, 0) is 4.79 Å². The SMILES string of the molecule is CCC(C)C(NC(=O)C(C)c1ccc2cc(OC)ccc2c1)c1nc(C(=O)NCCCCN=C(N)N)co1. The van der Waals surface area contributed by atoms with Gasteiger partial charge >= 0.3 is 0 Å². The fraction of sp³-hybridized carbons (Fsp3) is 0.429. The fourth-order valence-electron chi connectivity index (χ4n) is 4.02. The second-order valence-corrected chi connectivity index (χ2v) is 9.41. The van der Waals surface area contributed by atoms with Crippen molar-refractivity contribution in [1.82, 2.24) is 15.6 Å². The first-order chi connectivity index (χ1) is 18.2. The van der Waals surface area contributed by atoms with E-state index >= 15 is 0 Å². The van der Waals surface area contributed by atoms with Crippen molar-refractivity contribution in [3.8, 4) is 5.75 Å². The first-order valence-electron chi connectivity index (χ1n) is 12.9. The van der Waals surface area contributed by atoms with Crippen molar-refractivity contribution >= 4 is 28.5 Å².